The highest BCUT2D eigenvalue weighted by molar-refractivity contribution is 6.30. The van der Waals surface area contributed by atoms with Gasteiger partial charge in [0.1, 0.15) is 0 Å². The first-order valence-corrected chi connectivity index (χ1v) is 5.17. The summed E-state index contributed by atoms with van der Waals surface area (Å²) in [4.78, 5) is 6.20. The van der Waals surface area contributed by atoms with Gasteiger partial charge in [-0.2, -0.15) is 18.2 Å². The van der Waals surface area contributed by atoms with Crippen molar-refractivity contribution < 1.29 is 31.1 Å². The minimum Gasteiger partial charge on any atom is -0.387 e. The second-order valence-electron chi connectivity index (χ2n) is 3.23. The molecule has 4 nitrogen and oxygen atoms in total. The minimum absolute atomic E-state index is 0.00709. The normalized spacial score (nSPS) is 12.2. The molecule has 0 atom stereocenters. The Balaban J connectivity index is 3.32. The van der Waals surface area contributed by atoms with E-state index in [1.165, 1.54) is 6.08 Å². The molecule has 1 aromatic rings. The molecule has 0 aliphatic heterocycles. The summed E-state index contributed by atoms with van der Waals surface area (Å²) >= 11 is 5.24. The summed E-state index contributed by atoms with van der Waals surface area (Å²) in [6, 6.07) is 0. The van der Waals surface area contributed by atoms with Crippen LogP contribution in [0.25, 0.3) is 0 Å². The first-order valence-electron chi connectivity index (χ1n) is 4.80. The molecule has 1 rings (SSSR count). The fourth-order valence-corrected chi connectivity index (χ4v) is 1.35. The number of ether oxygens (including phenoxy) is 1. The number of halogens is 7. The van der Waals surface area contributed by atoms with Gasteiger partial charge in [-0.1, -0.05) is 17.7 Å². The molecule has 20 heavy (non-hydrogen) atoms. The third-order valence-corrected chi connectivity index (χ3v) is 2.01. The molecule has 112 valence electrons. The van der Waals surface area contributed by atoms with E-state index in [2.05, 4.69) is 26.6 Å². The zero-order valence-corrected chi connectivity index (χ0v) is 10.2. The van der Waals surface area contributed by atoms with Crippen molar-refractivity contribution in [3.8, 4) is 5.88 Å². The van der Waals surface area contributed by atoms with Crippen molar-refractivity contribution in [3.05, 3.63) is 23.4 Å². The lowest BCUT2D eigenvalue weighted by Crippen LogP contribution is -2.22. The average molecular weight is 322 g/mol. The summed E-state index contributed by atoms with van der Waals surface area (Å²) in [5.74, 6) is -2.28. The predicted molar refractivity (Wildman–Crippen MR) is 57.4 cm³/mol. The number of nitrogens with zero attached hydrogens (tertiary/aromatic N) is 2. The fraction of sp³-hybridized carbons (Fsp3) is 0.333. The van der Waals surface area contributed by atoms with E-state index in [-0.39, 0.29) is 6.54 Å². The van der Waals surface area contributed by atoms with Crippen LogP contribution in [0, 0.1) is 0 Å². The van der Waals surface area contributed by atoms with Crippen LogP contribution in [-0.2, 0) is 6.18 Å². The first-order chi connectivity index (χ1) is 9.04. The van der Waals surface area contributed by atoms with Crippen LogP contribution in [0.5, 0.6) is 5.88 Å². The lowest BCUT2D eigenvalue weighted by atomic mass is 10.3. The van der Waals surface area contributed by atoms with E-state index < -0.39 is 35.1 Å². The predicted octanol–water partition coefficient (Wildman–Crippen LogP) is 3.65. The van der Waals surface area contributed by atoms with Gasteiger partial charge in [0.25, 0.3) is 0 Å². The maximum absolute atomic E-state index is 12.6. The summed E-state index contributed by atoms with van der Waals surface area (Å²) in [5, 5.41) is 1.09. The molecule has 0 aliphatic carbocycles. The summed E-state index contributed by atoms with van der Waals surface area (Å²) in [6.45, 7) is 3.30. The van der Waals surface area contributed by atoms with Gasteiger partial charge in [0.15, 0.2) is 10.7 Å². The number of hydrogen-bond acceptors (Lipinski definition) is 4. The summed E-state index contributed by atoms with van der Waals surface area (Å²) < 4.78 is 77.4. The van der Waals surface area contributed by atoms with Gasteiger partial charge in [-0.15, -0.1) is 19.8 Å². The zero-order valence-electron chi connectivity index (χ0n) is 9.44. The largest absolute Gasteiger partial charge is 0.574 e. The molecule has 0 amide bonds. The second kappa shape index (κ2) is 5.73. The standard InChI is InChI=1S/C9H6ClF6N3O/c1-2-3-17-7-18-5(10)4(8(11,12)13)6(19-7)20-9(14,15)16/h2H,1,3H2,(H,17,18,19). The van der Waals surface area contributed by atoms with Gasteiger partial charge < -0.3 is 10.1 Å². The Morgan fingerprint density at radius 3 is 2.25 bits per heavy atom. The molecule has 0 fully saturated rings. The summed E-state index contributed by atoms with van der Waals surface area (Å²) in [7, 11) is 0. The number of alkyl halides is 6. The number of hydrogen-bond donors (Lipinski definition) is 1. The van der Waals surface area contributed by atoms with Crippen molar-refractivity contribution in [1.82, 2.24) is 9.97 Å². The van der Waals surface area contributed by atoms with E-state index in [4.69, 9.17) is 11.6 Å². The van der Waals surface area contributed by atoms with Crippen molar-refractivity contribution in [2.24, 2.45) is 0 Å². The van der Waals surface area contributed by atoms with Crippen LogP contribution in [-0.4, -0.2) is 22.9 Å². The Morgan fingerprint density at radius 2 is 1.80 bits per heavy atom. The molecule has 0 saturated carbocycles. The first kappa shape index (κ1) is 16.3. The highest BCUT2D eigenvalue weighted by Crippen LogP contribution is 2.41. The van der Waals surface area contributed by atoms with Gasteiger partial charge in [-0.05, 0) is 0 Å². The van der Waals surface area contributed by atoms with E-state index in [0.717, 1.165) is 0 Å². The number of anilines is 1. The quantitative estimate of drug-likeness (QED) is 0.522. The highest BCUT2D eigenvalue weighted by atomic mass is 35.5. The Morgan fingerprint density at radius 1 is 1.20 bits per heavy atom. The lowest BCUT2D eigenvalue weighted by Gasteiger charge is -2.16. The molecule has 0 aromatic carbocycles. The lowest BCUT2D eigenvalue weighted by molar-refractivity contribution is -0.277. The molecule has 1 aromatic heterocycles. The third kappa shape index (κ3) is 4.44. The van der Waals surface area contributed by atoms with Crippen LogP contribution in [0.4, 0.5) is 32.3 Å². The van der Waals surface area contributed by atoms with Crippen LogP contribution in [0.1, 0.15) is 5.56 Å². The van der Waals surface area contributed by atoms with E-state index >= 15 is 0 Å². The van der Waals surface area contributed by atoms with E-state index in [1.807, 2.05) is 0 Å². The number of nitrogens with one attached hydrogen (secondary N) is 1. The molecular weight excluding hydrogens is 316 g/mol. The van der Waals surface area contributed by atoms with Crippen molar-refractivity contribution in [3.63, 3.8) is 0 Å². The summed E-state index contributed by atoms with van der Waals surface area (Å²) in [6.07, 6.45) is -9.26. The van der Waals surface area contributed by atoms with Crippen LogP contribution < -0.4 is 10.1 Å². The van der Waals surface area contributed by atoms with Crippen LogP contribution >= 0.6 is 11.6 Å². The van der Waals surface area contributed by atoms with Gasteiger partial charge in [-0.3, -0.25) is 0 Å². The van der Waals surface area contributed by atoms with Crippen LogP contribution in [0.3, 0.4) is 0 Å². The number of rotatable bonds is 4. The minimum atomic E-state index is -5.35. The third-order valence-electron chi connectivity index (χ3n) is 1.73. The maximum atomic E-state index is 12.6. The molecule has 1 heterocycles. The van der Waals surface area contributed by atoms with Gasteiger partial charge in [0.2, 0.25) is 11.8 Å². The second-order valence-corrected chi connectivity index (χ2v) is 3.59. The molecule has 0 aliphatic rings. The molecular formula is C9H6ClF6N3O. The molecule has 0 spiro atoms. The van der Waals surface area contributed by atoms with E-state index in [9.17, 15) is 26.3 Å². The fourth-order valence-electron chi connectivity index (χ4n) is 1.08. The van der Waals surface area contributed by atoms with Crippen LogP contribution in [0.2, 0.25) is 5.15 Å². The van der Waals surface area contributed by atoms with Crippen molar-refractivity contribution in [1.29, 1.82) is 0 Å². The molecule has 0 bridgehead atoms. The van der Waals surface area contributed by atoms with Crippen LogP contribution in [0.15, 0.2) is 12.7 Å². The smallest absolute Gasteiger partial charge is 0.387 e. The van der Waals surface area contributed by atoms with Crippen molar-refractivity contribution >= 4 is 17.5 Å². The van der Waals surface area contributed by atoms with E-state index in [1.54, 1.807) is 0 Å². The van der Waals surface area contributed by atoms with Gasteiger partial charge in [0, 0.05) is 6.54 Å². The van der Waals surface area contributed by atoms with Gasteiger partial charge >= 0.3 is 12.5 Å². The van der Waals surface area contributed by atoms with Crippen molar-refractivity contribution in [2.45, 2.75) is 12.5 Å². The highest BCUT2D eigenvalue weighted by Gasteiger charge is 2.43. The Hall–Kier alpha value is -1.71. The SMILES string of the molecule is C=CCNc1nc(Cl)c(C(F)(F)F)c(OC(F)(F)F)n1. The van der Waals surface area contributed by atoms with Crippen molar-refractivity contribution in [2.75, 3.05) is 11.9 Å². The maximum Gasteiger partial charge on any atom is 0.574 e. The average Bonchev–Trinajstić information content (AvgIpc) is 2.21. The molecule has 0 unspecified atom stereocenters. The Bertz CT molecular complexity index is 502. The molecule has 11 heteroatoms. The molecule has 1 N–H and O–H groups in total. The summed E-state index contributed by atoms with van der Waals surface area (Å²) in [5.41, 5.74) is -1.90. The Labute approximate surface area is 113 Å². The zero-order chi connectivity index (χ0) is 15.6. The Kier molecular flexibility index (Phi) is 4.69. The molecule has 0 saturated heterocycles. The van der Waals surface area contributed by atoms with E-state index in [0.29, 0.717) is 0 Å². The van der Waals surface area contributed by atoms with Gasteiger partial charge in [-0.25, -0.2) is 4.98 Å². The topological polar surface area (TPSA) is 47.0 Å². The number of aromatic nitrogens is 2. The van der Waals surface area contributed by atoms with Gasteiger partial charge in [0.05, 0.1) is 0 Å². The monoisotopic (exact) mass is 321 g/mol. The molecule has 0 radical (unpaired) electrons.